The van der Waals surface area contributed by atoms with Gasteiger partial charge in [0.05, 0.1) is 18.8 Å². The topological polar surface area (TPSA) is 89.9 Å². The van der Waals surface area contributed by atoms with Crippen molar-refractivity contribution in [3.8, 4) is 0 Å². The molecule has 2 rings (SSSR count). The van der Waals surface area contributed by atoms with Gasteiger partial charge in [0.25, 0.3) is 0 Å². The van der Waals surface area contributed by atoms with Crippen molar-refractivity contribution in [1.82, 2.24) is 0 Å². The maximum absolute atomic E-state index is 12.1. The molecule has 0 heterocycles. The molecule has 0 saturated heterocycles. The van der Waals surface area contributed by atoms with Crippen LogP contribution in [0.2, 0.25) is 0 Å². The number of rotatable bonds is 10. The molecule has 0 unspecified atom stereocenters. The van der Waals surface area contributed by atoms with Gasteiger partial charge in [-0.3, -0.25) is 0 Å². The third-order valence-electron chi connectivity index (χ3n) is 3.86. The predicted octanol–water partition coefficient (Wildman–Crippen LogP) is 3.74. The summed E-state index contributed by atoms with van der Waals surface area (Å²) in [4.78, 5) is 33.5. The number of hydrogen-bond donors (Lipinski definition) is 1. The monoisotopic (exact) mass is 370 g/mol. The summed E-state index contributed by atoms with van der Waals surface area (Å²) in [6.07, 6.45) is 4.69. The first kappa shape index (κ1) is 20.2. The molecule has 2 aromatic carbocycles. The molecule has 0 radical (unpaired) electrons. The molecule has 6 nitrogen and oxygen atoms in total. The fraction of sp³-hybridized carbons (Fsp3) is 0.286. The minimum atomic E-state index is -1.19. The minimum absolute atomic E-state index is 0.236. The van der Waals surface area contributed by atoms with E-state index in [-0.39, 0.29) is 12.6 Å². The Labute approximate surface area is 157 Å². The quantitative estimate of drug-likeness (QED) is 0.389. The van der Waals surface area contributed by atoms with E-state index in [1.54, 1.807) is 6.07 Å². The average Bonchev–Trinajstić information content (AvgIpc) is 2.67. The summed E-state index contributed by atoms with van der Waals surface area (Å²) in [5, 5.41) is 10.5. The summed E-state index contributed by atoms with van der Waals surface area (Å²) in [5.41, 5.74) is 0.537. The summed E-state index contributed by atoms with van der Waals surface area (Å²) < 4.78 is 10.1. The molecule has 0 fully saturated rings. The lowest BCUT2D eigenvalue weighted by Crippen LogP contribution is -2.06. The molecule has 0 saturated carbocycles. The van der Waals surface area contributed by atoms with E-state index in [1.165, 1.54) is 0 Å². The number of carbonyl (C=O) groups excluding carboxylic acids is 2. The highest BCUT2D eigenvalue weighted by Crippen LogP contribution is 2.16. The normalized spacial score (nSPS) is 10.8. The van der Waals surface area contributed by atoms with Crippen LogP contribution in [0.1, 0.15) is 36.0 Å². The Morgan fingerprint density at radius 2 is 1.48 bits per heavy atom. The van der Waals surface area contributed by atoms with Crippen molar-refractivity contribution in [3.05, 3.63) is 60.2 Å². The number of aliphatic carboxylic acids is 1. The SMILES string of the molecule is O=C(O)/C=C\C(=O)OCCCCCCOC(=O)c1ccc2ccccc2c1. The van der Waals surface area contributed by atoms with Crippen LogP contribution in [0, 0.1) is 0 Å². The van der Waals surface area contributed by atoms with E-state index in [0.717, 1.165) is 42.2 Å². The fourth-order valence-electron chi connectivity index (χ4n) is 2.48. The van der Waals surface area contributed by atoms with E-state index < -0.39 is 11.9 Å². The Morgan fingerprint density at radius 1 is 0.815 bits per heavy atom. The lowest BCUT2D eigenvalue weighted by molar-refractivity contribution is -0.138. The van der Waals surface area contributed by atoms with Gasteiger partial charge < -0.3 is 14.6 Å². The molecule has 0 aromatic heterocycles. The maximum Gasteiger partial charge on any atom is 0.338 e. The second-order valence-corrected chi connectivity index (χ2v) is 5.95. The molecule has 0 amide bonds. The summed E-state index contributed by atoms with van der Waals surface area (Å²) in [6.45, 7) is 0.576. The van der Waals surface area contributed by atoms with Crippen LogP contribution in [0.15, 0.2) is 54.6 Å². The standard InChI is InChI=1S/C21H22O6/c22-19(23)11-12-20(24)26-13-5-1-2-6-14-27-21(25)18-10-9-16-7-3-4-8-17(16)15-18/h3-4,7-12,15H,1-2,5-6,13-14H2,(H,22,23)/b12-11-. The molecule has 0 aliphatic heterocycles. The summed E-state index contributed by atoms with van der Waals surface area (Å²) in [6, 6.07) is 13.3. The number of fused-ring (bicyclic) bond motifs is 1. The van der Waals surface area contributed by atoms with Gasteiger partial charge in [-0.05, 0) is 48.6 Å². The zero-order valence-corrected chi connectivity index (χ0v) is 14.9. The molecule has 0 atom stereocenters. The second kappa shape index (κ2) is 10.8. The van der Waals surface area contributed by atoms with Crippen molar-refractivity contribution in [2.75, 3.05) is 13.2 Å². The average molecular weight is 370 g/mol. The first-order valence-corrected chi connectivity index (χ1v) is 8.80. The molecule has 0 bridgehead atoms. The first-order chi connectivity index (χ1) is 13.1. The summed E-state index contributed by atoms with van der Waals surface area (Å²) in [5.74, 6) is -2.19. The van der Waals surface area contributed by atoms with Crippen LogP contribution in [0.25, 0.3) is 10.8 Å². The van der Waals surface area contributed by atoms with Gasteiger partial charge in [0.2, 0.25) is 0 Å². The number of ether oxygens (including phenoxy) is 2. The molecular weight excluding hydrogens is 348 g/mol. The molecule has 27 heavy (non-hydrogen) atoms. The summed E-state index contributed by atoms with van der Waals surface area (Å²) >= 11 is 0. The van der Waals surface area contributed by atoms with Crippen molar-refractivity contribution in [3.63, 3.8) is 0 Å². The first-order valence-electron chi connectivity index (χ1n) is 8.80. The molecule has 0 aliphatic carbocycles. The number of carboxylic acid groups (broad SMARTS) is 1. The summed E-state index contributed by atoms with van der Waals surface area (Å²) in [7, 11) is 0. The zero-order chi connectivity index (χ0) is 19.5. The lowest BCUT2D eigenvalue weighted by atomic mass is 10.1. The van der Waals surface area contributed by atoms with E-state index in [0.29, 0.717) is 18.6 Å². The third-order valence-corrected chi connectivity index (χ3v) is 3.86. The van der Waals surface area contributed by atoms with Crippen LogP contribution in [0.4, 0.5) is 0 Å². The van der Waals surface area contributed by atoms with Crippen LogP contribution in [-0.4, -0.2) is 36.2 Å². The van der Waals surface area contributed by atoms with Gasteiger partial charge in [-0.2, -0.15) is 0 Å². The van der Waals surface area contributed by atoms with Crippen molar-refractivity contribution in [1.29, 1.82) is 0 Å². The van der Waals surface area contributed by atoms with Gasteiger partial charge in [-0.25, -0.2) is 14.4 Å². The predicted molar refractivity (Wildman–Crippen MR) is 100 cm³/mol. The van der Waals surface area contributed by atoms with Crippen LogP contribution in [0.5, 0.6) is 0 Å². The molecule has 6 heteroatoms. The largest absolute Gasteiger partial charge is 0.478 e. The van der Waals surface area contributed by atoms with Gasteiger partial charge in [-0.15, -0.1) is 0 Å². The Kier molecular flexibility index (Phi) is 8.03. The van der Waals surface area contributed by atoms with Crippen LogP contribution in [-0.2, 0) is 19.1 Å². The smallest absolute Gasteiger partial charge is 0.338 e. The number of carboxylic acids is 1. The molecule has 142 valence electrons. The fourth-order valence-corrected chi connectivity index (χ4v) is 2.48. The van der Waals surface area contributed by atoms with Crippen molar-refractivity contribution in [2.45, 2.75) is 25.7 Å². The zero-order valence-electron chi connectivity index (χ0n) is 14.9. The van der Waals surface area contributed by atoms with E-state index in [9.17, 15) is 14.4 Å². The Hall–Kier alpha value is -3.15. The highest BCUT2D eigenvalue weighted by atomic mass is 16.5. The molecular formula is C21H22O6. The number of hydrogen-bond acceptors (Lipinski definition) is 5. The second-order valence-electron chi connectivity index (χ2n) is 5.95. The van der Waals surface area contributed by atoms with Crippen LogP contribution < -0.4 is 0 Å². The third kappa shape index (κ3) is 7.32. The van der Waals surface area contributed by atoms with Crippen molar-refractivity contribution >= 4 is 28.7 Å². The lowest BCUT2D eigenvalue weighted by Gasteiger charge is -2.06. The van der Waals surface area contributed by atoms with Gasteiger partial charge in [0.15, 0.2) is 0 Å². The number of benzene rings is 2. The molecule has 0 spiro atoms. The van der Waals surface area contributed by atoms with Crippen LogP contribution in [0.3, 0.4) is 0 Å². The van der Waals surface area contributed by atoms with E-state index in [2.05, 4.69) is 0 Å². The van der Waals surface area contributed by atoms with Gasteiger partial charge in [-0.1, -0.05) is 30.3 Å². The van der Waals surface area contributed by atoms with E-state index in [4.69, 9.17) is 14.6 Å². The van der Waals surface area contributed by atoms with E-state index in [1.807, 2.05) is 36.4 Å². The minimum Gasteiger partial charge on any atom is -0.478 e. The van der Waals surface area contributed by atoms with Crippen molar-refractivity contribution < 1.29 is 29.0 Å². The Morgan fingerprint density at radius 3 is 2.19 bits per heavy atom. The number of unbranched alkanes of at least 4 members (excludes halogenated alkanes) is 3. The van der Waals surface area contributed by atoms with Crippen LogP contribution >= 0.6 is 0 Å². The maximum atomic E-state index is 12.1. The highest BCUT2D eigenvalue weighted by Gasteiger charge is 2.07. The van der Waals surface area contributed by atoms with Gasteiger partial charge in [0, 0.05) is 12.2 Å². The molecule has 2 aromatic rings. The van der Waals surface area contributed by atoms with E-state index >= 15 is 0 Å². The molecule has 0 aliphatic rings. The Balaban J connectivity index is 1.57. The Bertz CT molecular complexity index is 824. The van der Waals surface area contributed by atoms with Gasteiger partial charge >= 0.3 is 17.9 Å². The molecule has 1 N–H and O–H groups in total. The number of carbonyl (C=O) groups is 3. The van der Waals surface area contributed by atoms with Gasteiger partial charge in [0.1, 0.15) is 0 Å². The highest BCUT2D eigenvalue weighted by molar-refractivity contribution is 5.95. The number of esters is 2. The van der Waals surface area contributed by atoms with Crippen molar-refractivity contribution in [2.24, 2.45) is 0 Å².